The van der Waals surface area contributed by atoms with Gasteiger partial charge in [0.05, 0.1) is 13.2 Å². The molecule has 8 heteroatoms. The van der Waals surface area contributed by atoms with Gasteiger partial charge in [0, 0.05) is 38.8 Å². The van der Waals surface area contributed by atoms with Gasteiger partial charge < -0.3 is 25.4 Å². The molecule has 0 aromatic heterocycles. The fourth-order valence-electron chi connectivity index (χ4n) is 3.66. The predicted octanol–water partition coefficient (Wildman–Crippen LogP) is 1.68. The van der Waals surface area contributed by atoms with E-state index in [0.717, 1.165) is 43.9 Å². The van der Waals surface area contributed by atoms with Gasteiger partial charge in [0.25, 0.3) is 5.91 Å². The number of ether oxygens (including phenoxy) is 2. The molecular formula is C25H32N4O4. The third-order valence-electron chi connectivity index (χ3n) is 5.54. The second-order valence-corrected chi connectivity index (χ2v) is 8.07. The Bertz CT molecular complexity index is 956. The molecule has 2 amide bonds. The van der Waals surface area contributed by atoms with Crippen molar-refractivity contribution in [2.24, 2.45) is 5.73 Å². The molecule has 0 aliphatic carbocycles. The molecular weight excluding hydrogens is 420 g/mol. The molecule has 33 heavy (non-hydrogen) atoms. The summed E-state index contributed by atoms with van der Waals surface area (Å²) in [5, 5.41) is 3.15. The molecule has 0 saturated carbocycles. The molecule has 3 N–H and O–H groups in total. The lowest BCUT2D eigenvalue weighted by atomic mass is 10.1. The van der Waals surface area contributed by atoms with Crippen molar-refractivity contribution in [1.82, 2.24) is 15.1 Å². The molecule has 8 nitrogen and oxygen atoms in total. The molecule has 1 aliphatic heterocycles. The van der Waals surface area contributed by atoms with Gasteiger partial charge in [-0.3, -0.25) is 14.5 Å². The lowest BCUT2D eigenvalue weighted by Crippen LogP contribution is -2.47. The minimum absolute atomic E-state index is 0.106. The highest BCUT2D eigenvalue weighted by atomic mass is 16.5. The molecule has 176 valence electrons. The SMILES string of the molecule is COc1cc(/C=C/C(=O)NC(CN2CCN(C)CC2)c2ccccc2)ccc1OCC(N)=O. The lowest BCUT2D eigenvalue weighted by Gasteiger charge is -2.34. The number of nitrogens with one attached hydrogen (secondary N) is 1. The topological polar surface area (TPSA) is 97.1 Å². The minimum atomic E-state index is -0.567. The largest absolute Gasteiger partial charge is 0.493 e. The van der Waals surface area contributed by atoms with E-state index in [1.54, 1.807) is 24.3 Å². The van der Waals surface area contributed by atoms with E-state index in [0.29, 0.717) is 11.5 Å². The van der Waals surface area contributed by atoms with Crippen LogP contribution in [0.5, 0.6) is 11.5 Å². The van der Waals surface area contributed by atoms with Crippen LogP contribution >= 0.6 is 0 Å². The van der Waals surface area contributed by atoms with Crippen LogP contribution in [0.3, 0.4) is 0 Å². The second kappa shape index (κ2) is 12.0. The summed E-state index contributed by atoms with van der Waals surface area (Å²) in [5.41, 5.74) is 6.97. The van der Waals surface area contributed by atoms with Crippen LogP contribution < -0.4 is 20.5 Å². The molecule has 0 spiro atoms. The Morgan fingerprint density at radius 1 is 1.09 bits per heavy atom. The molecule has 1 saturated heterocycles. The van der Waals surface area contributed by atoms with Crippen LogP contribution in [0.25, 0.3) is 6.08 Å². The van der Waals surface area contributed by atoms with Crippen LogP contribution in [0.4, 0.5) is 0 Å². The van der Waals surface area contributed by atoms with Crippen molar-refractivity contribution in [3.05, 3.63) is 65.7 Å². The number of nitrogens with two attached hydrogens (primary N) is 1. The van der Waals surface area contributed by atoms with Crippen molar-refractivity contribution in [2.45, 2.75) is 6.04 Å². The average molecular weight is 453 g/mol. The Balaban J connectivity index is 1.66. The van der Waals surface area contributed by atoms with Crippen LogP contribution in [-0.4, -0.2) is 75.1 Å². The quantitative estimate of drug-likeness (QED) is 0.533. The van der Waals surface area contributed by atoms with Gasteiger partial charge in [-0.15, -0.1) is 0 Å². The van der Waals surface area contributed by atoms with Crippen LogP contribution in [0.1, 0.15) is 17.2 Å². The molecule has 3 rings (SSSR count). The minimum Gasteiger partial charge on any atom is -0.493 e. The molecule has 0 bridgehead atoms. The van der Waals surface area contributed by atoms with Gasteiger partial charge in [0.1, 0.15) is 0 Å². The van der Waals surface area contributed by atoms with Crippen LogP contribution in [0, 0.1) is 0 Å². The number of benzene rings is 2. The Hall–Kier alpha value is -3.36. The summed E-state index contributed by atoms with van der Waals surface area (Å²) < 4.78 is 10.7. The third-order valence-corrected chi connectivity index (χ3v) is 5.54. The van der Waals surface area contributed by atoms with Crippen molar-refractivity contribution in [3.63, 3.8) is 0 Å². The number of hydrogen-bond acceptors (Lipinski definition) is 6. The van der Waals surface area contributed by atoms with Crippen LogP contribution in [0.15, 0.2) is 54.6 Å². The van der Waals surface area contributed by atoms with Crippen molar-refractivity contribution < 1.29 is 19.1 Å². The summed E-state index contributed by atoms with van der Waals surface area (Å²) in [4.78, 5) is 28.4. The van der Waals surface area contributed by atoms with E-state index in [2.05, 4.69) is 22.2 Å². The lowest BCUT2D eigenvalue weighted by molar-refractivity contribution is -0.120. The first kappa shape index (κ1) is 24.3. The molecule has 1 fully saturated rings. The monoisotopic (exact) mass is 452 g/mol. The summed E-state index contributed by atoms with van der Waals surface area (Å²) in [6.07, 6.45) is 3.23. The fraction of sp³-hybridized carbons (Fsp3) is 0.360. The summed E-state index contributed by atoms with van der Waals surface area (Å²) in [7, 11) is 3.64. The van der Waals surface area contributed by atoms with Gasteiger partial charge in [0.15, 0.2) is 18.1 Å². The number of hydrogen-bond donors (Lipinski definition) is 2. The number of methoxy groups -OCH3 is 1. The van der Waals surface area contributed by atoms with Crippen molar-refractivity contribution in [3.8, 4) is 11.5 Å². The zero-order chi connectivity index (χ0) is 23.6. The summed E-state index contributed by atoms with van der Waals surface area (Å²) in [5.74, 6) is 0.124. The fourth-order valence-corrected chi connectivity index (χ4v) is 3.66. The molecule has 0 radical (unpaired) electrons. The van der Waals surface area contributed by atoms with E-state index < -0.39 is 5.91 Å². The zero-order valence-electron chi connectivity index (χ0n) is 19.2. The van der Waals surface area contributed by atoms with E-state index in [-0.39, 0.29) is 18.6 Å². The number of rotatable bonds is 10. The Labute approximate surface area is 194 Å². The molecule has 2 aromatic carbocycles. The zero-order valence-corrected chi connectivity index (χ0v) is 19.2. The maximum Gasteiger partial charge on any atom is 0.255 e. The second-order valence-electron chi connectivity index (χ2n) is 8.07. The highest BCUT2D eigenvalue weighted by Gasteiger charge is 2.20. The first-order valence-corrected chi connectivity index (χ1v) is 11.0. The number of carbonyl (C=O) groups excluding carboxylic acids is 2. The maximum absolute atomic E-state index is 12.8. The summed E-state index contributed by atoms with van der Waals surface area (Å²) in [6.45, 7) is 4.54. The van der Waals surface area contributed by atoms with Gasteiger partial charge in [-0.25, -0.2) is 0 Å². The normalized spacial score (nSPS) is 15.8. The van der Waals surface area contributed by atoms with Crippen LogP contribution in [0.2, 0.25) is 0 Å². The molecule has 1 aliphatic rings. The Morgan fingerprint density at radius 3 is 2.48 bits per heavy atom. The first-order chi connectivity index (χ1) is 15.9. The van der Waals surface area contributed by atoms with Crippen LogP contribution in [-0.2, 0) is 9.59 Å². The van der Waals surface area contributed by atoms with Crippen molar-refractivity contribution in [2.75, 3.05) is 53.5 Å². The van der Waals surface area contributed by atoms with Gasteiger partial charge in [-0.2, -0.15) is 0 Å². The summed E-state index contributed by atoms with van der Waals surface area (Å²) >= 11 is 0. The molecule has 1 unspecified atom stereocenters. The first-order valence-electron chi connectivity index (χ1n) is 11.0. The smallest absolute Gasteiger partial charge is 0.255 e. The van der Waals surface area contributed by atoms with Gasteiger partial charge in [0.2, 0.25) is 5.91 Å². The van der Waals surface area contributed by atoms with Gasteiger partial charge in [-0.05, 0) is 36.4 Å². The number of carbonyl (C=O) groups is 2. The molecule has 1 atom stereocenters. The predicted molar refractivity (Wildman–Crippen MR) is 128 cm³/mol. The van der Waals surface area contributed by atoms with Gasteiger partial charge >= 0.3 is 0 Å². The average Bonchev–Trinajstić information content (AvgIpc) is 2.83. The standard InChI is InChI=1S/C25H32N4O4/c1-28-12-14-29(15-13-28)17-21(20-6-4-3-5-7-20)27-25(31)11-9-19-8-10-22(23(16-19)32-2)33-18-24(26)30/h3-11,16,21H,12-15,17-18H2,1-2H3,(H2,26,30)(H,27,31)/b11-9+. The van der Waals surface area contributed by atoms with Crippen molar-refractivity contribution in [1.29, 1.82) is 0 Å². The molecule has 1 heterocycles. The molecule has 2 aromatic rings. The number of amides is 2. The number of likely N-dealkylation sites (N-methyl/N-ethyl adjacent to an activating group) is 1. The van der Waals surface area contributed by atoms with E-state index >= 15 is 0 Å². The maximum atomic E-state index is 12.8. The number of nitrogens with zero attached hydrogens (tertiary/aromatic N) is 2. The Kier molecular flexibility index (Phi) is 8.86. The van der Waals surface area contributed by atoms with Gasteiger partial charge in [-0.1, -0.05) is 36.4 Å². The van der Waals surface area contributed by atoms with E-state index in [1.807, 2.05) is 30.3 Å². The number of piperazine rings is 1. The van der Waals surface area contributed by atoms with E-state index in [1.165, 1.54) is 13.2 Å². The highest BCUT2D eigenvalue weighted by molar-refractivity contribution is 5.92. The third kappa shape index (κ3) is 7.62. The summed E-state index contributed by atoms with van der Waals surface area (Å²) in [6, 6.07) is 15.1. The highest BCUT2D eigenvalue weighted by Crippen LogP contribution is 2.28. The van der Waals surface area contributed by atoms with Crippen molar-refractivity contribution >= 4 is 17.9 Å². The van der Waals surface area contributed by atoms with E-state index in [9.17, 15) is 9.59 Å². The number of primary amides is 1. The van der Waals surface area contributed by atoms with E-state index in [4.69, 9.17) is 15.2 Å². The Morgan fingerprint density at radius 2 is 1.82 bits per heavy atom.